The van der Waals surface area contributed by atoms with Crippen LogP contribution in [0.15, 0.2) is 24.3 Å². The first-order valence-electron chi connectivity index (χ1n) is 10.7. The minimum atomic E-state index is -1.03. The van der Waals surface area contributed by atoms with Crippen LogP contribution in [-0.4, -0.2) is 67.3 Å². The Bertz CT molecular complexity index is 827. The third-order valence-electron chi connectivity index (χ3n) is 6.24. The van der Waals surface area contributed by atoms with E-state index in [1.807, 2.05) is 43.3 Å². The molecule has 0 unspecified atom stereocenters. The average Bonchev–Trinajstić information content (AvgIpc) is 3.02. The molecule has 3 atom stereocenters. The first kappa shape index (κ1) is 22.8. The van der Waals surface area contributed by atoms with Crippen molar-refractivity contribution >= 4 is 29.4 Å². The number of carbonyl (C=O) groups is 4. The van der Waals surface area contributed by atoms with Crippen molar-refractivity contribution in [3.63, 3.8) is 0 Å². The minimum absolute atomic E-state index is 0.288. The fourth-order valence-electron chi connectivity index (χ4n) is 4.30. The monoisotopic (exact) mass is 429 g/mol. The predicted molar refractivity (Wildman–Crippen MR) is 115 cm³/mol. The smallest absolute Gasteiger partial charge is 0.329 e. The van der Waals surface area contributed by atoms with E-state index >= 15 is 0 Å². The van der Waals surface area contributed by atoms with Crippen LogP contribution in [0, 0.1) is 11.8 Å². The number of hydrogen-bond acceptors (Lipinski definition) is 6. The van der Waals surface area contributed by atoms with E-state index in [1.54, 1.807) is 7.05 Å². The number of esters is 1. The molecule has 1 aliphatic heterocycles. The van der Waals surface area contributed by atoms with Crippen LogP contribution in [0.5, 0.6) is 0 Å². The number of hydrogen-bond donors (Lipinski definition) is 0. The molecule has 1 aromatic rings. The van der Waals surface area contributed by atoms with Crippen molar-refractivity contribution in [2.75, 3.05) is 32.6 Å². The molecule has 3 rings (SSSR count). The first-order chi connectivity index (χ1) is 14.7. The number of anilines is 1. The lowest BCUT2D eigenvalue weighted by atomic mass is 9.81. The summed E-state index contributed by atoms with van der Waals surface area (Å²) in [4.78, 5) is 54.6. The molecule has 1 aliphatic carbocycles. The summed E-state index contributed by atoms with van der Waals surface area (Å²) >= 11 is 0. The Labute approximate surface area is 183 Å². The van der Waals surface area contributed by atoms with Gasteiger partial charge in [-0.3, -0.25) is 19.3 Å². The lowest BCUT2D eigenvalue weighted by Crippen LogP contribution is -2.45. The van der Waals surface area contributed by atoms with Crippen molar-refractivity contribution in [1.29, 1.82) is 0 Å². The molecule has 31 heavy (non-hydrogen) atoms. The number of imide groups is 1. The van der Waals surface area contributed by atoms with E-state index in [4.69, 9.17) is 4.74 Å². The number of fused-ring (bicyclic) bond motifs is 1. The van der Waals surface area contributed by atoms with Crippen molar-refractivity contribution in [3.8, 4) is 0 Å². The Hall–Kier alpha value is -2.90. The van der Waals surface area contributed by atoms with E-state index < -0.39 is 18.6 Å². The van der Waals surface area contributed by atoms with Gasteiger partial charge in [0, 0.05) is 33.4 Å². The summed E-state index contributed by atoms with van der Waals surface area (Å²) in [6, 6.07) is 6.80. The molecule has 2 aliphatic rings. The summed E-state index contributed by atoms with van der Waals surface area (Å²) in [5.41, 5.74) is 2.02. The molecule has 1 saturated heterocycles. The molecule has 0 bridgehead atoms. The van der Waals surface area contributed by atoms with Gasteiger partial charge in [0.25, 0.3) is 5.91 Å². The predicted octanol–water partition coefficient (Wildman–Crippen LogP) is 1.82. The Morgan fingerprint density at radius 2 is 1.58 bits per heavy atom. The summed E-state index contributed by atoms with van der Waals surface area (Å²) < 4.78 is 5.15. The molecule has 1 saturated carbocycles. The number of likely N-dealkylation sites (tertiary alicyclic amines) is 1. The van der Waals surface area contributed by atoms with Gasteiger partial charge in [-0.25, -0.2) is 4.79 Å². The second-order valence-electron chi connectivity index (χ2n) is 8.64. The number of amides is 3. The van der Waals surface area contributed by atoms with Crippen LogP contribution in [-0.2, 0) is 30.5 Å². The van der Waals surface area contributed by atoms with Crippen LogP contribution in [0.1, 0.15) is 38.2 Å². The minimum Gasteiger partial charge on any atom is -0.454 e. The maximum absolute atomic E-state index is 12.6. The van der Waals surface area contributed by atoms with E-state index in [-0.39, 0.29) is 29.6 Å². The van der Waals surface area contributed by atoms with Gasteiger partial charge in [-0.05, 0) is 37.5 Å². The van der Waals surface area contributed by atoms with Crippen molar-refractivity contribution < 1.29 is 23.9 Å². The highest BCUT2D eigenvalue weighted by Crippen LogP contribution is 2.38. The zero-order valence-corrected chi connectivity index (χ0v) is 18.7. The molecule has 0 aromatic heterocycles. The zero-order valence-electron chi connectivity index (χ0n) is 18.7. The number of carbonyl (C=O) groups excluding carboxylic acids is 4. The van der Waals surface area contributed by atoms with Crippen LogP contribution >= 0.6 is 0 Å². The highest BCUT2D eigenvalue weighted by atomic mass is 16.5. The van der Waals surface area contributed by atoms with E-state index in [9.17, 15) is 19.2 Å². The quantitative estimate of drug-likeness (QED) is 0.485. The van der Waals surface area contributed by atoms with Gasteiger partial charge >= 0.3 is 5.97 Å². The molecule has 8 heteroatoms. The van der Waals surface area contributed by atoms with Crippen molar-refractivity contribution in [2.45, 2.75) is 45.2 Å². The van der Waals surface area contributed by atoms with Crippen LogP contribution in [0.25, 0.3) is 0 Å². The van der Waals surface area contributed by atoms with Gasteiger partial charge in [0.2, 0.25) is 11.8 Å². The van der Waals surface area contributed by atoms with Crippen LogP contribution in [0.2, 0.25) is 0 Å². The van der Waals surface area contributed by atoms with Gasteiger partial charge in [0.1, 0.15) is 6.04 Å². The standard InChI is InChI=1S/C23H31N3O5/c1-15(26-21(28)18-7-5-6-8-19(18)22(26)29)23(30)31-14-20(27)25(4)13-16-9-11-17(12-10-16)24(2)3/h9-12,15,18-19H,5-8,13-14H2,1-4H3/t15-,18-,19-/m0/s1. The Kier molecular flexibility index (Phi) is 6.97. The Morgan fingerprint density at radius 3 is 2.10 bits per heavy atom. The fraction of sp³-hybridized carbons (Fsp3) is 0.565. The summed E-state index contributed by atoms with van der Waals surface area (Å²) in [6.45, 7) is 1.43. The Morgan fingerprint density at radius 1 is 1.03 bits per heavy atom. The first-order valence-corrected chi connectivity index (χ1v) is 10.7. The van der Waals surface area contributed by atoms with Crippen molar-refractivity contribution in [2.24, 2.45) is 11.8 Å². The summed E-state index contributed by atoms with van der Waals surface area (Å²) in [6.07, 6.45) is 3.22. The van der Waals surface area contributed by atoms with E-state index in [0.29, 0.717) is 19.4 Å². The molecule has 3 amide bonds. The maximum atomic E-state index is 12.6. The topological polar surface area (TPSA) is 87.2 Å². The molecular weight excluding hydrogens is 398 g/mol. The third kappa shape index (κ3) is 4.89. The summed E-state index contributed by atoms with van der Waals surface area (Å²) in [5, 5.41) is 0. The van der Waals surface area contributed by atoms with Gasteiger partial charge in [0.15, 0.2) is 6.61 Å². The number of rotatable bonds is 7. The van der Waals surface area contributed by atoms with Gasteiger partial charge in [-0.15, -0.1) is 0 Å². The Balaban J connectivity index is 1.51. The molecule has 168 valence electrons. The van der Waals surface area contributed by atoms with Gasteiger partial charge in [-0.2, -0.15) is 0 Å². The number of benzene rings is 1. The van der Waals surface area contributed by atoms with E-state index in [0.717, 1.165) is 29.0 Å². The van der Waals surface area contributed by atoms with Gasteiger partial charge in [-0.1, -0.05) is 25.0 Å². The zero-order chi connectivity index (χ0) is 22.7. The molecule has 1 heterocycles. The fourth-order valence-corrected chi connectivity index (χ4v) is 4.30. The number of likely N-dealkylation sites (N-methyl/N-ethyl adjacent to an activating group) is 1. The molecule has 1 aromatic carbocycles. The normalized spacial score (nSPS) is 21.5. The molecular formula is C23H31N3O5. The van der Waals surface area contributed by atoms with E-state index in [1.165, 1.54) is 11.8 Å². The largest absolute Gasteiger partial charge is 0.454 e. The SMILES string of the molecule is C[C@@H](C(=O)OCC(=O)N(C)Cc1ccc(N(C)C)cc1)N1C(=O)[C@H]2CCCC[C@@H]2C1=O. The third-order valence-corrected chi connectivity index (χ3v) is 6.24. The molecule has 0 spiro atoms. The van der Waals surface area contributed by atoms with Crippen molar-refractivity contribution in [3.05, 3.63) is 29.8 Å². The van der Waals surface area contributed by atoms with Crippen molar-refractivity contribution in [1.82, 2.24) is 9.80 Å². The van der Waals surface area contributed by atoms with Crippen LogP contribution in [0.4, 0.5) is 5.69 Å². The number of nitrogens with zero attached hydrogens (tertiary/aromatic N) is 3. The van der Waals surface area contributed by atoms with Crippen LogP contribution < -0.4 is 4.90 Å². The highest BCUT2D eigenvalue weighted by Gasteiger charge is 2.51. The second-order valence-corrected chi connectivity index (χ2v) is 8.64. The molecule has 0 N–H and O–H groups in total. The second kappa shape index (κ2) is 9.49. The molecule has 8 nitrogen and oxygen atoms in total. The number of ether oxygens (including phenoxy) is 1. The van der Waals surface area contributed by atoms with Gasteiger partial charge < -0.3 is 14.5 Å². The molecule has 2 fully saturated rings. The maximum Gasteiger partial charge on any atom is 0.329 e. The lowest BCUT2D eigenvalue weighted by Gasteiger charge is -2.22. The van der Waals surface area contributed by atoms with E-state index in [2.05, 4.69) is 0 Å². The average molecular weight is 430 g/mol. The lowest BCUT2D eigenvalue weighted by molar-refractivity contribution is -0.161. The van der Waals surface area contributed by atoms with Gasteiger partial charge in [0.05, 0.1) is 11.8 Å². The molecule has 0 radical (unpaired) electrons. The highest BCUT2D eigenvalue weighted by molar-refractivity contribution is 6.07. The van der Waals surface area contributed by atoms with Crippen LogP contribution in [0.3, 0.4) is 0 Å². The summed E-state index contributed by atoms with van der Waals surface area (Å²) in [7, 11) is 5.55. The summed E-state index contributed by atoms with van der Waals surface area (Å²) in [5.74, 6) is -2.30.